The number of amides is 2. The van der Waals surface area contributed by atoms with Crippen molar-refractivity contribution in [1.82, 2.24) is 9.80 Å². The second-order valence-corrected chi connectivity index (χ2v) is 7.54. The van der Waals surface area contributed by atoms with Gasteiger partial charge in [0.1, 0.15) is 17.1 Å². The molecule has 1 N–H and O–H groups in total. The molecule has 31 heavy (non-hydrogen) atoms. The number of hydrogen-bond donors (Lipinski definition) is 1. The van der Waals surface area contributed by atoms with Gasteiger partial charge in [-0.05, 0) is 49.4 Å². The van der Waals surface area contributed by atoms with Crippen LogP contribution in [0.5, 0.6) is 5.75 Å². The van der Waals surface area contributed by atoms with E-state index >= 15 is 0 Å². The van der Waals surface area contributed by atoms with Crippen molar-refractivity contribution in [3.63, 3.8) is 0 Å². The first-order valence-electron chi connectivity index (χ1n) is 10.1. The predicted molar refractivity (Wildman–Crippen MR) is 115 cm³/mol. The zero-order chi connectivity index (χ0) is 22.0. The van der Waals surface area contributed by atoms with Crippen molar-refractivity contribution in [2.45, 2.75) is 6.92 Å². The number of furan rings is 1. The molecule has 0 saturated carbocycles. The first kappa shape index (κ1) is 20.9. The molecule has 1 fully saturated rings. The average Bonchev–Trinajstić information content (AvgIpc) is 3.11. The van der Waals surface area contributed by atoms with Gasteiger partial charge in [-0.25, -0.2) is 4.39 Å². The lowest BCUT2D eigenvalue weighted by Crippen LogP contribution is -2.50. The Balaban J connectivity index is 1.34. The zero-order valence-electron chi connectivity index (χ0n) is 17.5. The number of fused-ring (bicyclic) bond motifs is 1. The Hall–Kier alpha value is -3.39. The minimum atomic E-state index is -0.349. The minimum Gasteiger partial charge on any atom is -0.497 e. The number of halogens is 1. The molecule has 0 radical (unpaired) electrons. The molecule has 2 amide bonds. The lowest BCUT2D eigenvalue weighted by molar-refractivity contribution is -0.117. The van der Waals surface area contributed by atoms with Crippen molar-refractivity contribution in [3.05, 3.63) is 59.6 Å². The van der Waals surface area contributed by atoms with Crippen LogP contribution in [0.4, 0.5) is 10.1 Å². The number of ether oxygens (including phenoxy) is 1. The highest BCUT2D eigenvalue weighted by molar-refractivity contribution is 5.99. The van der Waals surface area contributed by atoms with E-state index < -0.39 is 0 Å². The Morgan fingerprint density at radius 3 is 2.48 bits per heavy atom. The molecule has 0 bridgehead atoms. The minimum absolute atomic E-state index is 0.150. The number of nitrogens with zero attached hydrogens (tertiary/aromatic N) is 2. The topological polar surface area (TPSA) is 75.0 Å². The smallest absolute Gasteiger partial charge is 0.289 e. The van der Waals surface area contributed by atoms with Crippen molar-refractivity contribution < 1.29 is 23.1 Å². The molecule has 1 aliphatic rings. The summed E-state index contributed by atoms with van der Waals surface area (Å²) < 4.78 is 24.1. The second-order valence-electron chi connectivity index (χ2n) is 7.54. The van der Waals surface area contributed by atoms with Gasteiger partial charge >= 0.3 is 0 Å². The molecule has 162 valence electrons. The summed E-state index contributed by atoms with van der Waals surface area (Å²) in [5.41, 5.74) is 2.00. The maximum atomic E-state index is 13.0. The van der Waals surface area contributed by atoms with Crippen molar-refractivity contribution in [2.75, 3.05) is 45.2 Å². The van der Waals surface area contributed by atoms with E-state index in [1.165, 1.54) is 24.3 Å². The maximum Gasteiger partial charge on any atom is 0.289 e. The van der Waals surface area contributed by atoms with Gasteiger partial charge in [-0.15, -0.1) is 0 Å². The van der Waals surface area contributed by atoms with Crippen molar-refractivity contribution in [1.29, 1.82) is 0 Å². The van der Waals surface area contributed by atoms with Crippen LogP contribution in [-0.2, 0) is 4.79 Å². The predicted octanol–water partition coefficient (Wildman–Crippen LogP) is 3.29. The van der Waals surface area contributed by atoms with Gasteiger partial charge in [0.15, 0.2) is 5.76 Å². The van der Waals surface area contributed by atoms with Gasteiger partial charge < -0.3 is 19.4 Å². The standard InChI is InChI=1S/C23H24FN3O4/c1-15-19-13-18(30-2)7-8-20(19)31-22(15)23(29)27-11-9-26(10-12-27)14-21(28)25-17-5-3-16(24)4-6-17/h3-8,13H,9-12,14H2,1-2H3,(H,25,28). The molecule has 0 aliphatic carbocycles. The van der Waals surface area contributed by atoms with E-state index in [1.807, 2.05) is 17.9 Å². The summed E-state index contributed by atoms with van der Waals surface area (Å²) in [6.07, 6.45) is 0. The highest BCUT2D eigenvalue weighted by Crippen LogP contribution is 2.29. The molecule has 8 heteroatoms. The molecule has 7 nitrogen and oxygen atoms in total. The van der Waals surface area contributed by atoms with Crippen molar-refractivity contribution >= 4 is 28.5 Å². The van der Waals surface area contributed by atoms with Crippen LogP contribution in [0, 0.1) is 12.7 Å². The summed E-state index contributed by atoms with van der Waals surface area (Å²) >= 11 is 0. The second kappa shape index (κ2) is 8.77. The fourth-order valence-corrected chi connectivity index (χ4v) is 3.72. The van der Waals surface area contributed by atoms with Crippen LogP contribution in [0.1, 0.15) is 16.1 Å². The van der Waals surface area contributed by atoms with E-state index in [-0.39, 0.29) is 24.2 Å². The normalized spacial score (nSPS) is 14.6. The average molecular weight is 425 g/mol. The van der Waals surface area contributed by atoms with E-state index in [9.17, 15) is 14.0 Å². The van der Waals surface area contributed by atoms with Crippen LogP contribution in [0.15, 0.2) is 46.9 Å². The number of aryl methyl sites for hydroxylation is 1. The molecule has 0 atom stereocenters. The van der Waals surface area contributed by atoms with Crippen molar-refractivity contribution in [2.24, 2.45) is 0 Å². The molecule has 3 aromatic rings. The molecule has 1 saturated heterocycles. The van der Waals surface area contributed by atoms with Gasteiger partial charge in [0.05, 0.1) is 13.7 Å². The summed E-state index contributed by atoms with van der Waals surface area (Å²) in [4.78, 5) is 29.0. The van der Waals surface area contributed by atoms with E-state index in [4.69, 9.17) is 9.15 Å². The molecule has 2 aromatic carbocycles. The van der Waals surface area contributed by atoms with Crippen LogP contribution in [0.3, 0.4) is 0 Å². The van der Waals surface area contributed by atoms with Gasteiger partial charge in [0.2, 0.25) is 5.91 Å². The number of methoxy groups -OCH3 is 1. The summed E-state index contributed by atoms with van der Waals surface area (Å²) in [7, 11) is 1.60. The first-order chi connectivity index (χ1) is 14.9. The third-order valence-corrected chi connectivity index (χ3v) is 5.49. The lowest BCUT2D eigenvalue weighted by atomic mass is 10.1. The third kappa shape index (κ3) is 4.54. The summed E-state index contributed by atoms with van der Waals surface area (Å²) in [5, 5.41) is 3.61. The number of carbonyl (C=O) groups excluding carboxylic acids is 2. The van der Waals surface area contributed by atoms with Gasteiger partial charge in [-0.3, -0.25) is 14.5 Å². The Labute approximate surface area is 179 Å². The van der Waals surface area contributed by atoms with Crippen LogP contribution < -0.4 is 10.1 Å². The molecule has 1 aliphatic heterocycles. The zero-order valence-corrected chi connectivity index (χ0v) is 17.5. The van der Waals surface area contributed by atoms with E-state index in [2.05, 4.69) is 5.32 Å². The Morgan fingerprint density at radius 1 is 1.10 bits per heavy atom. The van der Waals surface area contributed by atoms with Crippen molar-refractivity contribution in [3.8, 4) is 5.75 Å². The molecule has 2 heterocycles. The highest BCUT2D eigenvalue weighted by atomic mass is 19.1. The van der Waals surface area contributed by atoms with E-state index in [0.29, 0.717) is 49.0 Å². The van der Waals surface area contributed by atoms with Gasteiger partial charge in [-0.2, -0.15) is 0 Å². The monoisotopic (exact) mass is 425 g/mol. The van der Waals surface area contributed by atoms with E-state index in [1.54, 1.807) is 24.1 Å². The summed E-state index contributed by atoms with van der Waals surface area (Å²) in [5.74, 6) is 0.378. The maximum absolute atomic E-state index is 13.0. The number of piperazine rings is 1. The van der Waals surface area contributed by atoms with Gasteiger partial charge in [-0.1, -0.05) is 0 Å². The molecule has 0 unspecified atom stereocenters. The quantitative estimate of drug-likeness (QED) is 0.679. The SMILES string of the molecule is COc1ccc2oc(C(=O)N3CCN(CC(=O)Nc4ccc(F)cc4)CC3)c(C)c2c1. The number of anilines is 1. The van der Waals surface area contributed by atoms with Gasteiger partial charge in [0, 0.05) is 42.8 Å². The van der Waals surface area contributed by atoms with Crippen LogP contribution >= 0.6 is 0 Å². The lowest BCUT2D eigenvalue weighted by Gasteiger charge is -2.33. The van der Waals surface area contributed by atoms with Crippen LogP contribution in [0.2, 0.25) is 0 Å². The number of carbonyl (C=O) groups is 2. The summed E-state index contributed by atoms with van der Waals surface area (Å²) in [6, 6.07) is 11.1. The fourth-order valence-electron chi connectivity index (χ4n) is 3.72. The molecule has 1 aromatic heterocycles. The van der Waals surface area contributed by atoms with Crippen LogP contribution in [-0.4, -0.2) is 61.4 Å². The molecular weight excluding hydrogens is 401 g/mol. The van der Waals surface area contributed by atoms with E-state index in [0.717, 1.165) is 10.9 Å². The number of rotatable bonds is 5. The Kier molecular flexibility index (Phi) is 5.90. The number of nitrogens with one attached hydrogen (secondary N) is 1. The molecule has 4 rings (SSSR count). The summed E-state index contributed by atoms with van der Waals surface area (Å²) in [6.45, 7) is 4.24. The molecular formula is C23H24FN3O4. The van der Waals surface area contributed by atoms with Gasteiger partial charge in [0.25, 0.3) is 5.91 Å². The van der Waals surface area contributed by atoms with Crippen LogP contribution in [0.25, 0.3) is 11.0 Å². The fraction of sp³-hybridized carbons (Fsp3) is 0.304. The number of hydrogen-bond acceptors (Lipinski definition) is 5. The number of benzene rings is 2. The first-order valence-corrected chi connectivity index (χ1v) is 10.1. The Morgan fingerprint density at radius 2 is 1.81 bits per heavy atom. The Bertz CT molecular complexity index is 1100. The highest BCUT2D eigenvalue weighted by Gasteiger charge is 2.27. The largest absolute Gasteiger partial charge is 0.497 e. The third-order valence-electron chi connectivity index (χ3n) is 5.49. The molecule has 0 spiro atoms.